The van der Waals surface area contributed by atoms with Crippen LogP contribution in [0.4, 0.5) is 10.5 Å². The zero-order valence-electron chi connectivity index (χ0n) is 14.2. The molecule has 0 spiro atoms. The Balaban J connectivity index is 2.18. The van der Waals surface area contributed by atoms with Crippen molar-refractivity contribution in [1.29, 1.82) is 0 Å². The summed E-state index contributed by atoms with van der Waals surface area (Å²) in [4.78, 5) is 27.3. The quantitative estimate of drug-likeness (QED) is 0.794. The summed E-state index contributed by atoms with van der Waals surface area (Å²) in [5.41, 5.74) is 0.543. The molecule has 0 bridgehead atoms. The Hall–Kier alpha value is -2.60. The Morgan fingerprint density at radius 3 is 2.68 bits per heavy atom. The average molecular weight is 363 g/mol. The third-order valence-electron chi connectivity index (χ3n) is 2.97. The summed E-state index contributed by atoms with van der Waals surface area (Å²) in [6, 6.07) is 8.37. The highest BCUT2D eigenvalue weighted by atomic mass is 35.5. The molecule has 0 aliphatic heterocycles. The highest BCUT2D eigenvalue weighted by Gasteiger charge is 2.18. The molecule has 2 aromatic rings. The van der Waals surface area contributed by atoms with E-state index < -0.39 is 11.7 Å². The minimum atomic E-state index is -0.673. The second-order valence-electron chi connectivity index (χ2n) is 6.22. The first kappa shape index (κ1) is 18.7. The van der Waals surface area contributed by atoms with Gasteiger partial charge in [-0.1, -0.05) is 17.7 Å². The molecule has 0 aliphatic rings. The summed E-state index contributed by atoms with van der Waals surface area (Å²) in [5.74, 6) is 0.323. The highest BCUT2D eigenvalue weighted by Crippen LogP contribution is 2.31. The van der Waals surface area contributed by atoms with E-state index in [0.29, 0.717) is 12.0 Å². The predicted octanol–water partition coefficient (Wildman–Crippen LogP) is 4.47. The van der Waals surface area contributed by atoms with Crippen molar-refractivity contribution in [3.63, 3.8) is 0 Å². The van der Waals surface area contributed by atoms with E-state index in [1.54, 1.807) is 33.0 Å². The predicted molar refractivity (Wildman–Crippen MR) is 95.3 cm³/mol. The van der Waals surface area contributed by atoms with E-state index >= 15 is 0 Å². The van der Waals surface area contributed by atoms with Crippen LogP contribution in [0.2, 0.25) is 5.02 Å². The third kappa shape index (κ3) is 5.76. The smallest absolute Gasteiger partial charge is 0.412 e. The van der Waals surface area contributed by atoms with Crippen LogP contribution in [0.3, 0.4) is 0 Å². The summed E-state index contributed by atoms with van der Waals surface area (Å²) in [7, 11) is 0. The summed E-state index contributed by atoms with van der Waals surface area (Å²) >= 11 is 6.14. The fourth-order valence-electron chi connectivity index (χ4n) is 1.93. The van der Waals surface area contributed by atoms with Crippen LogP contribution >= 0.6 is 11.6 Å². The Morgan fingerprint density at radius 1 is 1.32 bits per heavy atom. The molecule has 6 nitrogen and oxygen atoms in total. The molecule has 0 radical (unpaired) electrons. The second-order valence-corrected chi connectivity index (χ2v) is 6.63. The first-order valence-corrected chi connectivity index (χ1v) is 7.98. The van der Waals surface area contributed by atoms with Gasteiger partial charge in [-0.2, -0.15) is 0 Å². The largest absolute Gasteiger partial charge is 0.486 e. The van der Waals surface area contributed by atoms with Crippen molar-refractivity contribution in [2.45, 2.75) is 33.0 Å². The van der Waals surface area contributed by atoms with Gasteiger partial charge in [0.25, 0.3) is 0 Å². The fourth-order valence-corrected chi connectivity index (χ4v) is 2.16. The van der Waals surface area contributed by atoms with E-state index in [0.717, 1.165) is 5.69 Å². The minimum Gasteiger partial charge on any atom is -0.486 e. The SMILES string of the molecule is CC(C)(C)OC(=O)Nc1cc(OCc2ccccn2)c(Cl)cc1C=O. The normalized spacial score (nSPS) is 10.9. The Morgan fingerprint density at radius 2 is 2.08 bits per heavy atom. The average Bonchev–Trinajstić information content (AvgIpc) is 2.54. The third-order valence-corrected chi connectivity index (χ3v) is 3.26. The highest BCUT2D eigenvalue weighted by molar-refractivity contribution is 6.32. The molecular formula is C18H19ClN2O4. The molecule has 1 N–H and O–H groups in total. The summed E-state index contributed by atoms with van der Waals surface area (Å²) in [5, 5.41) is 2.79. The zero-order valence-corrected chi connectivity index (χ0v) is 15.0. The Kier molecular flexibility index (Phi) is 5.98. The van der Waals surface area contributed by atoms with Crippen LogP contribution in [0.1, 0.15) is 36.8 Å². The topological polar surface area (TPSA) is 77.5 Å². The molecule has 0 fully saturated rings. The second kappa shape index (κ2) is 7.98. The Bertz CT molecular complexity index is 758. The molecule has 0 saturated heterocycles. The molecule has 0 saturated carbocycles. The number of ether oxygens (including phenoxy) is 2. The number of anilines is 1. The number of hydrogen-bond acceptors (Lipinski definition) is 5. The number of hydrogen-bond donors (Lipinski definition) is 1. The van der Waals surface area contributed by atoms with Gasteiger partial charge in [-0.05, 0) is 39.0 Å². The number of nitrogens with zero attached hydrogens (tertiary/aromatic N) is 1. The van der Waals surface area contributed by atoms with Crippen LogP contribution in [0, 0.1) is 0 Å². The van der Waals surface area contributed by atoms with Crippen molar-refractivity contribution >= 4 is 29.7 Å². The van der Waals surface area contributed by atoms with E-state index in [1.807, 2.05) is 12.1 Å². The Labute approximate surface area is 151 Å². The van der Waals surface area contributed by atoms with Crippen LogP contribution in [0.5, 0.6) is 5.75 Å². The maximum Gasteiger partial charge on any atom is 0.412 e. The van der Waals surface area contributed by atoms with Crippen LogP contribution < -0.4 is 10.1 Å². The number of aldehydes is 1. The van der Waals surface area contributed by atoms with Crippen LogP contribution in [0.25, 0.3) is 0 Å². The number of benzene rings is 1. The van der Waals surface area contributed by atoms with Crippen LogP contribution in [-0.2, 0) is 11.3 Å². The van der Waals surface area contributed by atoms with Gasteiger partial charge in [-0.3, -0.25) is 15.1 Å². The summed E-state index contributed by atoms with van der Waals surface area (Å²) < 4.78 is 10.8. The van der Waals surface area contributed by atoms with Gasteiger partial charge in [0.1, 0.15) is 18.0 Å². The van der Waals surface area contributed by atoms with Crippen molar-refractivity contribution < 1.29 is 19.1 Å². The lowest BCUT2D eigenvalue weighted by Gasteiger charge is -2.20. The molecule has 1 heterocycles. The first-order chi connectivity index (χ1) is 11.8. The molecule has 0 atom stereocenters. The maximum absolute atomic E-state index is 11.9. The van der Waals surface area contributed by atoms with Gasteiger partial charge in [0, 0.05) is 17.8 Å². The molecular weight excluding hydrogens is 344 g/mol. The molecule has 0 unspecified atom stereocenters. The van der Waals surface area contributed by atoms with Crippen molar-refractivity contribution in [2.75, 3.05) is 5.32 Å². The van der Waals surface area contributed by atoms with Crippen molar-refractivity contribution in [1.82, 2.24) is 4.98 Å². The number of nitrogens with one attached hydrogen (secondary N) is 1. The lowest BCUT2D eigenvalue weighted by atomic mass is 10.2. The lowest BCUT2D eigenvalue weighted by molar-refractivity contribution is 0.0636. The van der Waals surface area contributed by atoms with E-state index in [4.69, 9.17) is 21.1 Å². The number of rotatable bonds is 5. The van der Waals surface area contributed by atoms with E-state index in [9.17, 15) is 9.59 Å². The molecule has 1 aromatic heterocycles. The zero-order chi connectivity index (χ0) is 18.4. The summed E-state index contributed by atoms with van der Waals surface area (Å²) in [6.45, 7) is 5.44. The lowest BCUT2D eigenvalue weighted by Crippen LogP contribution is -2.27. The van der Waals surface area contributed by atoms with Gasteiger partial charge in [0.05, 0.1) is 16.4 Å². The molecule has 132 valence electrons. The van der Waals surface area contributed by atoms with Gasteiger partial charge in [-0.25, -0.2) is 4.79 Å². The van der Waals surface area contributed by atoms with Gasteiger partial charge >= 0.3 is 6.09 Å². The minimum absolute atomic E-state index is 0.201. The van der Waals surface area contributed by atoms with Gasteiger partial charge in [0.15, 0.2) is 6.29 Å². The molecule has 25 heavy (non-hydrogen) atoms. The molecule has 0 aliphatic carbocycles. The van der Waals surface area contributed by atoms with E-state index in [-0.39, 0.29) is 22.9 Å². The van der Waals surface area contributed by atoms with E-state index in [1.165, 1.54) is 12.1 Å². The van der Waals surface area contributed by atoms with Gasteiger partial charge in [-0.15, -0.1) is 0 Å². The standard InChI is InChI=1S/C18H19ClN2O4/c1-18(2,3)25-17(23)21-15-9-16(14(19)8-12(15)10-22)24-11-13-6-4-5-7-20-13/h4-10H,11H2,1-3H3,(H,21,23). The first-order valence-electron chi connectivity index (χ1n) is 7.60. The number of carbonyl (C=O) groups excluding carboxylic acids is 2. The number of amides is 1. The van der Waals surface area contributed by atoms with Gasteiger partial charge in [0.2, 0.25) is 0 Å². The van der Waals surface area contributed by atoms with Crippen molar-refractivity contribution in [3.05, 3.63) is 52.8 Å². The van der Waals surface area contributed by atoms with Gasteiger partial charge < -0.3 is 9.47 Å². The molecule has 1 aromatic carbocycles. The number of pyridine rings is 1. The fraction of sp³-hybridized carbons (Fsp3) is 0.278. The molecule has 2 rings (SSSR count). The number of halogens is 1. The van der Waals surface area contributed by atoms with Crippen molar-refractivity contribution in [2.24, 2.45) is 0 Å². The molecule has 7 heteroatoms. The van der Waals surface area contributed by atoms with E-state index in [2.05, 4.69) is 10.3 Å². The van der Waals surface area contributed by atoms with Crippen LogP contribution in [-0.4, -0.2) is 23.0 Å². The van der Waals surface area contributed by atoms with Crippen molar-refractivity contribution in [3.8, 4) is 5.75 Å². The summed E-state index contributed by atoms with van der Waals surface area (Å²) in [6.07, 6.45) is 1.58. The number of aromatic nitrogens is 1. The monoisotopic (exact) mass is 362 g/mol. The van der Waals surface area contributed by atoms with Crippen LogP contribution in [0.15, 0.2) is 36.5 Å². The maximum atomic E-state index is 11.9. The molecule has 1 amide bonds. The number of carbonyl (C=O) groups is 2.